The summed E-state index contributed by atoms with van der Waals surface area (Å²) in [6.45, 7) is 2.92. The highest BCUT2D eigenvalue weighted by atomic mass is 16.5. The van der Waals surface area contributed by atoms with E-state index >= 15 is 0 Å². The van der Waals surface area contributed by atoms with E-state index in [1.807, 2.05) is 0 Å². The average molecular weight is 288 g/mol. The van der Waals surface area contributed by atoms with E-state index < -0.39 is 0 Å². The molecule has 1 unspecified atom stereocenters. The van der Waals surface area contributed by atoms with E-state index in [-0.39, 0.29) is 0 Å². The molecular weight excluding hydrogens is 268 g/mol. The first kappa shape index (κ1) is 13.4. The summed E-state index contributed by atoms with van der Waals surface area (Å²) in [4.78, 5) is 0. The summed E-state index contributed by atoms with van der Waals surface area (Å²) < 4.78 is 6.18. The molecule has 0 saturated heterocycles. The molecule has 0 aromatic heterocycles. The first-order valence-corrected chi connectivity index (χ1v) is 8.11. The largest absolute Gasteiger partial charge is 0.492 e. The van der Waals surface area contributed by atoms with Gasteiger partial charge in [0.2, 0.25) is 0 Å². The molecule has 22 heavy (non-hydrogen) atoms. The van der Waals surface area contributed by atoms with Crippen LogP contribution in [0.2, 0.25) is 0 Å². The van der Waals surface area contributed by atoms with Gasteiger partial charge >= 0.3 is 0 Å². The van der Waals surface area contributed by atoms with Crippen LogP contribution in [0, 0.1) is 5.92 Å². The van der Waals surface area contributed by atoms with Crippen LogP contribution < -0.4 is 4.74 Å². The molecule has 0 saturated carbocycles. The van der Waals surface area contributed by atoms with Gasteiger partial charge in [-0.15, -0.1) is 0 Å². The Kier molecular flexibility index (Phi) is 3.34. The van der Waals surface area contributed by atoms with Crippen LogP contribution in [0.4, 0.5) is 0 Å². The molecule has 2 aliphatic carbocycles. The van der Waals surface area contributed by atoms with E-state index in [0.717, 1.165) is 25.2 Å². The standard InChI is InChI=1S/C21H20O/c1-2-13-22-21-18(15-7-4-3-5-8-15)9-6-10-19(21)20-14-16-11-12-17(16)20/h3-12,16H,2,13-14H2,1H3. The van der Waals surface area contributed by atoms with Crippen LogP contribution in [0.5, 0.6) is 5.75 Å². The van der Waals surface area contributed by atoms with Crippen LogP contribution in [0.15, 0.2) is 66.3 Å². The minimum atomic E-state index is 0.703. The summed E-state index contributed by atoms with van der Waals surface area (Å²) >= 11 is 0. The highest BCUT2D eigenvalue weighted by Crippen LogP contribution is 2.51. The topological polar surface area (TPSA) is 9.23 Å². The molecule has 0 fully saturated rings. The van der Waals surface area contributed by atoms with Gasteiger partial charge in [0.25, 0.3) is 0 Å². The average Bonchev–Trinajstić information content (AvgIpc) is 2.56. The Morgan fingerprint density at radius 1 is 1.00 bits per heavy atom. The summed E-state index contributed by atoms with van der Waals surface area (Å²) in [7, 11) is 0. The zero-order valence-corrected chi connectivity index (χ0v) is 12.9. The van der Waals surface area contributed by atoms with Crippen molar-refractivity contribution in [3.8, 4) is 16.9 Å². The van der Waals surface area contributed by atoms with E-state index in [0.29, 0.717) is 5.92 Å². The normalized spacial score (nSPS) is 18.5. The molecule has 0 spiro atoms. The van der Waals surface area contributed by atoms with Gasteiger partial charge < -0.3 is 4.74 Å². The van der Waals surface area contributed by atoms with Crippen LogP contribution in [-0.4, -0.2) is 6.61 Å². The fourth-order valence-corrected chi connectivity index (χ4v) is 3.28. The van der Waals surface area contributed by atoms with E-state index in [1.165, 1.54) is 27.8 Å². The van der Waals surface area contributed by atoms with Gasteiger partial charge in [0, 0.05) is 17.0 Å². The summed E-state index contributed by atoms with van der Waals surface area (Å²) in [6.07, 6.45) is 6.73. The monoisotopic (exact) mass is 288 g/mol. The molecule has 1 atom stereocenters. The minimum absolute atomic E-state index is 0.703. The van der Waals surface area contributed by atoms with Crippen molar-refractivity contribution in [2.75, 3.05) is 6.61 Å². The lowest BCUT2D eigenvalue weighted by Gasteiger charge is -2.37. The van der Waals surface area contributed by atoms with Crippen molar-refractivity contribution >= 4 is 5.57 Å². The second kappa shape index (κ2) is 5.49. The lowest BCUT2D eigenvalue weighted by molar-refractivity contribution is 0.317. The summed E-state index contributed by atoms with van der Waals surface area (Å²) in [5.41, 5.74) is 6.68. The van der Waals surface area contributed by atoms with Crippen molar-refractivity contribution in [2.24, 2.45) is 5.92 Å². The van der Waals surface area contributed by atoms with Gasteiger partial charge in [0.05, 0.1) is 6.61 Å². The first-order valence-electron chi connectivity index (χ1n) is 8.11. The van der Waals surface area contributed by atoms with Gasteiger partial charge in [0.1, 0.15) is 5.75 Å². The van der Waals surface area contributed by atoms with Crippen molar-refractivity contribution in [3.63, 3.8) is 0 Å². The molecule has 110 valence electrons. The summed E-state index contributed by atoms with van der Waals surface area (Å²) in [6, 6.07) is 17.1. The Morgan fingerprint density at radius 3 is 2.45 bits per heavy atom. The Hall–Kier alpha value is -2.28. The molecule has 0 aliphatic heterocycles. The van der Waals surface area contributed by atoms with Crippen molar-refractivity contribution in [1.82, 2.24) is 0 Å². The van der Waals surface area contributed by atoms with Crippen LogP contribution in [0.3, 0.4) is 0 Å². The van der Waals surface area contributed by atoms with Gasteiger partial charge in [-0.1, -0.05) is 67.6 Å². The summed E-state index contributed by atoms with van der Waals surface area (Å²) in [5.74, 6) is 1.76. The lowest BCUT2D eigenvalue weighted by Crippen LogP contribution is -2.21. The van der Waals surface area contributed by atoms with Crippen molar-refractivity contribution in [2.45, 2.75) is 19.8 Å². The maximum absolute atomic E-state index is 6.18. The highest BCUT2D eigenvalue weighted by Gasteiger charge is 2.33. The minimum Gasteiger partial charge on any atom is -0.492 e. The molecule has 1 nitrogen and oxygen atoms in total. The second-order valence-electron chi connectivity index (χ2n) is 6.00. The zero-order chi connectivity index (χ0) is 14.9. The number of allylic oxidation sites excluding steroid dienone is 4. The van der Waals surface area contributed by atoms with Gasteiger partial charge in [-0.2, -0.15) is 0 Å². The Balaban J connectivity index is 1.83. The number of rotatable bonds is 5. The van der Waals surface area contributed by atoms with Crippen LogP contribution in [0.1, 0.15) is 25.3 Å². The third-order valence-electron chi connectivity index (χ3n) is 4.56. The number of ether oxygens (including phenoxy) is 1. The van der Waals surface area contributed by atoms with Crippen LogP contribution in [-0.2, 0) is 0 Å². The molecule has 0 radical (unpaired) electrons. The summed E-state index contributed by atoms with van der Waals surface area (Å²) in [5, 5.41) is 0. The molecule has 0 heterocycles. The van der Waals surface area contributed by atoms with Crippen molar-refractivity contribution in [1.29, 1.82) is 0 Å². The zero-order valence-electron chi connectivity index (χ0n) is 12.9. The fraction of sp³-hybridized carbons (Fsp3) is 0.238. The molecule has 0 bridgehead atoms. The van der Waals surface area contributed by atoms with Gasteiger partial charge in [-0.3, -0.25) is 0 Å². The van der Waals surface area contributed by atoms with Crippen molar-refractivity contribution < 1.29 is 4.74 Å². The van der Waals surface area contributed by atoms with Gasteiger partial charge in [0.15, 0.2) is 0 Å². The van der Waals surface area contributed by atoms with E-state index in [1.54, 1.807) is 0 Å². The molecule has 4 rings (SSSR count). The number of benzene rings is 2. The molecule has 2 aromatic rings. The molecule has 0 N–H and O–H groups in total. The maximum atomic E-state index is 6.18. The van der Waals surface area contributed by atoms with E-state index in [9.17, 15) is 0 Å². The van der Waals surface area contributed by atoms with Gasteiger partial charge in [-0.25, -0.2) is 0 Å². The second-order valence-corrected chi connectivity index (χ2v) is 6.00. The Labute approximate surface area is 131 Å². The molecule has 0 amide bonds. The third kappa shape index (κ3) is 2.09. The SMILES string of the molecule is CCCOc1c(C2=C3C=CC3C2)cccc1-c1ccccc1. The number of fused-ring (bicyclic) bond motifs is 1. The quantitative estimate of drug-likeness (QED) is 0.707. The molecule has 2 aliphatic rings. The third-order valence-corrected chi connectivity index (χ3v) is 4.56. The predicted molar refractivity (Wildman–Crippen MR) is 91.8 cm³/mol. The molecule has 1 heteroatoms. The number of hydrogen-bond donors (Lipinski definition) is 0. The van der Waals surface area contributed by atoms with Gasteiger partial charge in [-0.05, 0) is 29.6 Å². The van der Waals surface area contributed by atoms with Crippen molar-refractivity contribution in [3.05, 3.63) is 71.8 Å². The Morgan fingerprint density at radius 2 is 1.82 bits per heavy atom. The van der Waals surface area contributed by atoms with Crippen LogP contribution in [0.25, 0.3) is 16.7 Å². The van der Waals surface area contributed by atoms with E-state index in [2.05, 4.69) is 67.6 Å². The maximum Gasteiger partial charge on any atom is 0.134 e. The first-order chi connectivity index (χ1) is 10.9. The van der Waals surface area contributed by atoms with E-state index in [4.69, 9.17) is 4.74 Å². The Bertz CT molecular complexity index is 753. The fourth-order valence-electron chi connectivity index (χ4n) is 3.28. The highest BCUT2D eigenvalue weighted by molar-refractivity contribution is 5.87. The predicted octanol–water partition coefficient (Wildman–Crippen LogP) is 5.49. The number of para-hydroxylation sites is 1. The van der Waals surface area contributed by atoms with Crippen LogP contribution >= 0.6 is 0 Å². The molecular formula is C21H20O. The number of hydrogen-bond acceptors (Lipinski definition) is 1. The smallest absolute Gasteiger partial charge is 0.134 e. The molecule has 2 aromatic carbocycles. The lowest BCUT2D eigenvalue weighted by atomic mass is 9.68.